The molecule has 2 aliphatic rings. The molecule has 4 nitrogen and oxygen atoms in total. The van der Waals surface area contributed by atoms with Crippen LogP contribution in [-0.2, 0) is 0 Å². The number of ether oxygens (including phenoxy) is 2. The van der Waals surface area contributed by atoms with Crippen molar-refractivity contribution in [2.45, 2.75) is 25.3 Å². The van der Waals surface area contributed by atoms with E-state index < -0.39 is 0 Å². The molecular formula is C17H26N2O2. The lowest BCUT2D eigenvalue weighted by atomic mass is 9.76. The van der Waals surface area contributed by atoms with Crippen molar-refractivity contribution < 1.29 is 9.47 Å². The summed E-state index contributed by atoms with van der Waals surface area (Å²) in [6, 6.07) is 6.76. The Morgan fingerprint density at radius 3 is 2.48 bits per heavy atom. The minimum absolute atomic E-state index is 0.488. The van der Waals surface area contributed by atoms with Gasteiger partial charge in [-0.2, -0.15) is 0 Å². The Bertz CT molecular complexity index is 468. The number of nitrogens with zero attached hydrogens (tertiary/aromatic N) is 1. The summed E-state index contributed by atoms with van der Waals surface area (Å²) in [5.74, 6) is 2.60. The van der Waals surface area contributed by atoms with Gasteiger partial charge in [0, 0.05) is 43.9 Å². The third kappa shape index (κ3) is 3.01. The van der Waals surface area contributed by atoms with Crippen molar-refractivity contribution in [1.29, 1.82) is 0 Å². The number of rotatable bonds is 5. The van der Waals surface area contributed by atoms with Gasteiger partial charge in [-0.25, -0.2) is 0 Å². The highest BCUT2D eigenvalue weighted by atomic mass is 16.5. The number of hydrogen-bond acceptors (Lipinski definition) is 4. The van der Waals surface area contributed by atoms with Gasteiger partial charge in [0.05, 0.1) is 14.2 Å². The van der Waals surface area contributed by atoms with Gasteiger partial charge >= 0.3 is 0 Å². The molecule has 116 valence electrons. The highest BCUT2D eigenvalue weighted by Gasteiger charge is 2.35. The van der Waals surface area contributed by atoms with E-state index in [2.05, 4.69) is 22.3 Å². The topological polar surface area (TPSA) is 33.7 Å². The molecule has 0 aromatic heterocycles. The van der Waals surface area contributed by atoms with E-state index >= 15 is 0 Å². The number of benzene rings is 1. The number of methoxy groups -OCH3 is 2. The van der Waals surface area contributed by atoms with Crippen molar-refractivity contribution in [2.75, 3.05) is 40.4 Å². The van der Waals surface area contributed by atoms with E-state index in [0.717, 1.165) is 43.6 Å². The van der Waals surface area contributed by atoms with Crippen molar-refractivity contribution in [3.8, 4) is 11.5 Å². The van der Waals surface area contributed by atoms with Gasteiger partial charge in [0.1, 0.15) is 11.5 Å². The Morgan fingerprint density at radius 1 is 1.14 bits per heavy atom. The molecule has 1 heterocycles. The largest absolute Gasteiger partial charge is 0.497 e. The molecule has 0 bridgehead atoms. The molecule has 1 saturated carbocycles. The molecule has 1 N–H and O–H groups in total. The second kappa shape index (κ2) is 6.67. The molecule has 1 aliphatic carbocycles. The predicted molar refractivity (Wildman–Crippen MR) is 84.1 cm³/mol. The summed E-state index contributed by atoms with van der Waals surface area (Å²) in [5.41, 5.74) is 1.32. The Morgan fingerprint density at radius 2 is 1.90 bits per heavy atom. The Labute approximate surface area is 127 Å². The third-order valence-electron chi connectivity index (χ3n) is 4.90. The van der Waals surface area contributed by atoms with Crippen LogP contribution in [0.5, 0.6) is 11.5 Å². The van der Waals surface area contributed by atoms with E-state index in [1.165, 1.54) is 24.8 Å². The highest BCUT2D eigenvalue weighted by molar-refractivity contribution is 5.43. The van der Waals surface area contributed by atoms with Crippen LogP contribution in [0.3, 0.4) is 0 Å². The van der Waals surface area contributed by atoms with Gasteiger partial charge in [0.15, 0.2) is 0 Å². The first-order valence-corrected chi connectivity index (χ1v) is 8.00. The fraction of sp³-hybridized carbons (Fsp3) is 0.647. The Hall–Kier alpha value is -1.26. The second-order valence-corrected chi connectivity index (χ2v) is 6.03. The quantitative estimate of drug-likeness (QED) is 0.903. The summed E-state index contributed by atoms with van der Waals surface area (Å²) < 4.78 is 11.0. The summed E-state index contributed by atoms with van der Waals surface area (Å²) >= 11 is 0. The summed E-state index contributed by atoms with van der Waals surface area (Å²) in [6.45, 7) is 4.41. The van der Waals surface area contributed by atoms with E-state index in [1.807, 2.05) is 6.07 Å². The van der Waals surface area contributed by atoms with Gasteiger partial charge in [-0.1, -0.05) is 12.5 Å². The average Bonchev–Trinajstić information content (AvgIpc) is 2.51. The highest BCUT2D eigenvalue weighted by Crippen LogP contribution is 2.44. The SMILES string of the molecule is COc1ccc([C@H](C2CCC2)N2CCNCC2)c(OC)c1. The zero-order valence-electron chi connectivity index (χ0n) is 13.1. The van der Waals surface area contributed by atoms with Crippen LogP contribution in [0.1, 0.15) is 30.9 Å². The normalized spacial score (nSPS) is 21.6. The molecule has 0 amide bonds. The van der Waals surface area contributed by atoms with Crippen LogP contribution >= 0.6 is 0 Å². The molecule has 1 aromatic rings. The van der Waals surface area contributed by atoms with Crippen LogP contribution in [0, 0.1) is 5.92 Å². The zero-order chi connectivity index (χ0) is 14.7. The van der Waals surface area contributed by atoms with Gasteiger partial charge in [-0.3, -0.25) is 4.90 Å². The number of piperazine rings is 1. The minimum Gasteiger partial charge on any atom is -0.497 e. The second-order valence-electron chi connectivity index (χ2n) is 6.03. The van der Waals surface area contributed by atoms with Gasteiger partial charge in [-0.15, -0.1) is 0 Å². The first kappa shape index (κ1) is 14.7. The fourth-order valence-corrected chi connectivity index (χ4v) is 3.53. The molecule has 0 unspecified atom stereocenters. The fourth-order valence-electron chi connectivity index (χ4n) is 3.53. The van der Waals surface area contributed by atoms with E-state index in [0.29, 0.717) is 6.04 Å². The van der Waals surface area contributed by atoms with E-state index in [1.54, 1.807) is 14.2 Å². The van der Waals surface area contributed by atoms with Crippen molar-refractivity contribution in [3.05, 3.63) is 23.8 Å². The van der Waals surface area contributed by atoms with Crippen molar-refractivity contribution in [3.63, 3.8) is 0 Å². The van der Waals surface area contributed by atoms with Crippen LogP contribution < -0.4 is 14.8 Å². The molecule has 1 atom stereocenters. The minimum atomic E-state index is 0.488. The number of nitrogens with one attached hydrogen (secondary N) is 1. The van der Waals surface area contributed by atoms with Crippen LogP contribution in [0.15, 0.2) is 18.2 Å². The molecule has 3 rings (SSSR count). The van der Waals surface area contributed by atoms with E-state index in [9.17, 15) is 0 Å². The summed E-state index contributed by atoms with van der Waals surface area (Å²) in [4.78, 5) is 2.63. The molecule has 1 saturated heterocycles. The molecule has 21 heavy (non-hydrogen) atoms. The molecular weight excluding hydrogens is 264 g/mol. The third-order valence-corrected chi connectivity index (χ3v) is 4.90. The van der Waals surface area contributed by atoms with Crippen LogP contribution in [-0.4, -0.2) is 45.3 Å². The van der Waals surface area contributed by atoms with E-state index in [4.69, 9.17) is 9.47 Å². The maximum absolute atomic E-state index is 5.66. The molecule has 1 aliphatic heterocycles. The lowest BCUT2D eigenvalue weighted by Crippen LogP contribution is -2.47. The first-order chi connectivity index (χ1) is 10.3. The number of hydrogen-bond donors (Lipinski definition) is 1. The molecule has 0 spiro atoms. The van der Waals surface area contributed by atoms with Crippen molar-refractivity contribution in [1.82, 2.24) is 10.2 Å². The van der Waals surface area contributed by atoms with Crippen LogP contribution in [0.4, 0.5) is 0 Å². The summed E-state index contributed by atoms with van der Waals surface area (Å²) in [6.07, 6.45) is 4.04. The molecule has 2 fully saturated rings. The molecule has 4 heteroatoms. The summed E-state index contributed by atoms with van der Waals surface area (Å²) in [7, 11) is 3.46. The van der Waals surface area contributed by atoms with Gasteiger partial charge in [0.25, 0.3) is 0 Å². The standard InChI is InChI=1S/C17H26N2O2/c1-20-14-6-7-15(16(12-14)21-2)17(13-4-3-5-13)19-10-8-18-9-11-19/h6-7,12-13,17-18H,3-5,8-11H2,1-2H3/t17-/m0/s1. The lowest BCUT2D eigenvalue weighted by molar-refractivity contribution is 0.0818. The molecule has 1 aromatic carbocycles. The lowest BCUT2D eigenvalue weighted by Gasteiger charge is -2.43. The van der Waals surface area contributed by atoms with E-state index in [-0.39, 0.29) is 0 Å². The maximum Gasteiger partial charge on any atom is 0.127 e. The smallest absolute Gasteiger partial charge is 0.127 e. The zero-order valence-corrected chi connectivity index (χ0v) is 13.1. The predicted octanol–water partition coefficient (Wildman–Crippen LogP) is 2.45. The van der Waals surface area contributed by atoms with Crippen LogP contribution in [0.2, 0.25) is 0 Å². The van der Waals surface area contributed by atoms with Gasteiger partial charge < -0.3 is 14.8 Å². The molecule has 0 radical (unpaired) electrons. The van der Waals surface area contributed by atoms with Crippen molar-refractivity contribution >= 4 is 0 Å². The summed E-state index contributed by atoms with van der Waals surface area (Å²) in [5, 5.41) is 3.45. The maximum atomic E-state index is 5.66. The van der Waals surface area contributed by atoms with Gasteiger partial charge in [0.2, 0.25) is 0 Å². The van der Waals surface area contributed by atoms with Crippen LogP contribution in [0.25, 0.3) is 0 Å². The average molecular weight is 290 g/mol. The van der Waals surface area contributed by atoms with Crippen molar-refractivity contribution in [2.24, 2.45) is 5.92 Å². The first-order valence-electron chi connectivity index (χ1n) is 8.00. The Kier molecular flexibility index (Phi) is 4.66. The monoisotopic (exact) mass is 290 g/mol. The Balaban J connectivity index is 1.91. The van der Waals surface area contributed by atoms with Gasteiger partial charge in [-0.05, 0) is 24.8 Å².